The van der Waals surface area contributed by atoms with Gasteiger partial charge in [0.05, 0.1) is 10.2 Å². The first-order valence-electron chi connectivity index (χ1n) is 7.63. The summed E-state index contributed by atoms with van der Waals surface area (Å²) in [4.78, 5) is 4.67. The van der Waals surface area contributed by atoms with E-state index in [0.29, 0.717) is 0 Å². The monoisotopic (exact) mass is 306 g/mol. The molecule has 1 heterocycles. The topological polar surface area (TPSA) is 24.9 Å². The van der Waals surface area contributed by atoms with E-state index in [0.717, 1.165) is 23.9 Å². The van der Waals surface area contributed by atoms with Crippen molar-refractivity contribution >= 4 is 33.3 Å². The first kappa shape index (κ1) is 14.4. The van der Waals surface area contributed by atoms with Crippen LogP contribution in [0.1, 0.15) is 38.5 Å². The smallest absolute Gasteiger partial charge is 0.151 e. The molecule has 0 atom stereocenters. The van der Waals surface area contributed by atoms with Crippen LogP contribution in [0, 0.1) is 0 Å². The molecule has 0 saturated heterocycles. The van der Waals surface area contributed by atoms with Crippen LogP contribution in [0.2, 0.25) is 0 Å². The van der Waals surface area contributed by atoms with E-state index >= 15 is 0 Å². The van der Waals surface area contributed by atoms with Gasteiger partial charge in [0.25, 0.3) is 0 Å². The number of fused-ring (bicyclic) bond motifs is 1. The Morgan fingerprint density at radius 2 is 1.95 bits per heavy atom. The molecule has 2 nitrogen and oxygen atoms in total. The van der Waals surface area contributed by atoms with Gasteiger partial charge in [0, 0.05) is 18.3 Å². The molecule has 4 heteroatoms. The van der Waals surface area contributed by atoms with Crippen molar-refractivity contribution in [3.63, 3.8) is 0 Å². The lowest BCUT2D eigenvalue weighted by atomic mass is 10.1. The number of rotatable bonds is 5. The molecule has 0 bridgehead atoms. The summed E-state index contributed by atoms with van der Waals surface area (Å²) in [6.45, 7) is 1.10. The van der Waals surface area contributed by atoms with Crippen LogP contribution >= 0.6 is 23.1 Å². The highest BCUT2D eigenvalue weighted by Crippen LogP contribution is 2.29. The zero-order chi connectivity index (χ0) is 13.6. The molecule has 2 aromatic rings. The van der Waals surface area contributed by atoms with E-state index in [1.54, 1.807) is 0 Å². The summed E-state index contributed by atoms with van der Waals surface area (Å²) >= 11 is 3.70. The van der Waals surface area contributed by atoms with E-state index in [1.165, 1.54) is 47.6 Å². The fraction of sp³-hybridized carbons (Fsp3) is 0.562. The van der Waals surface area contributed by atoms with Crippen molar-refractivity contribution in [2.75, 3.05) is 12.3 Å². The maximum absolute atomic E-state index is 4.67. The van der Waals surface area contributed by atoms with Gasteiger partial charge in [-0.15, -0.1) is 11.3 Å². The minimum atomic E-state index is 0.758. The Morgan fingerprint density at radius 3 is 2.75 bits per heavy atom. The molecule has 20 heavy (non-hydrogen) atoms. The minimum Gasteiger partial charge on any atom is -0.313 e. The van der Waals surface area contributed by atoms with Gasteiger partial charge in [-0.1, -0.05) is 49.6 Å². The summed E-state index contributed by atoms with van der Waals surface area (Å²) in [7, 11) is 0. The van der Waals surface area contributed by atoms with Gasteiger partial charge in [0.2, 0.25) is 0 Å². The van der Waals surface area contributed by atoms with Gasteiger partial charge in [-0.25, -0.2) is 4.98 Å². The van der Waals surface area contributed by atoms with Crippen LogP contribution < -0.4 is 5.32 Å². The summed E-state index contributed by atoms with van der Waals surface area (Å²) in [6.07, 6.45) is 8.40. The van der Waals surface area contributed by atoms with E-state index in [2.05, 4.69) is 34.6 Å². The van der Waals surface area contributed by atoms with Gasteiger partial charge in [0.15, 0.2) is 4.34 Å². The molecule has 1 fully saturated rings. The molecule has 108 valence electrons. The molecule has 1 aromatic heterocycles. The second-order valence-corrected chi connectivity index (χ2v) is 7.81. The van der Waals surface area contributed by atoms with E-state index in [1.807, 2.05) is 23.1 Å². The molecule has 0 amide bonds. The number of benzene rings is 1. The molecule has 1 aromatic carbocycles. The van der Waals surface area contributed by atoms with Gasteiger partial charge < -0.3 is 5.32 Å². The summed E-state index contributed by atoms with van der Waals surface area (Å²) < 4.78 is 2.50. The number of hydrogen-bond donors (Lipinski definition) is 1. The Kier molecular flexibility index (Phi) is 5.34. The molecular weight excluding hydrogens is 284 g/mol. The molecule has 0 aliphatic heterocycles. The predicted octanol–water partition coefficient (Wildman–Crippen LogP) is 4.70. The maximum Gasteiger partial charge on any atom is 0.151 e. The van der Waals surface area contributed by atoms with Crippen LogP contribution in [0.4, 0.5) is 0 Å². The number of para-hydroxylation sites is 1. The molecule has 1 N–H and O–H groups in total. The molecule has 1 aliphatic rings. The Bertz CT molecular complexity index is 497. The van der Waals surface area contributed by atoms with Crippen molar-refractivity contribution in [2.24, 2.45) is 0 Å². The number of aromatic nitrogens is 1. The predicted molar refractivity (Wildman–Crippen MR) is 89.8 cm³/mol. The molecule has 1 saturated carbocycles. The highest BCUT2D eigenvalue weighted by Gasteiger charge is 2.11. The van der Waals surface area contributed by atoms with E-state index < -0.39 is 0 Å². The molecule has 0 radical (unpaired) electrons. The van der Waals surface area contributed by atoms with Crippen molar-refractivity contribution in [3.05, 3.63) is 24.3 Å². The highest BCUT2D eigenvalue weighted by molar-refractivity contribution is 8.01. The standard InChI is InChI=1S/C16H22N2S2/c1-2-4-8-13(7-3-1)17-11-12-19-16-18-14-9-5-6-10-15(14)20-16/h5-6,9-10,13,17H,1-4,7-8,11-12H2. The number of nitrogens with one attached hydrogen (secondary N) is 1. The Balaban J connectivity index is 1.43. The summed E-state index contributed by atoms with van der Waals surface area (Å²) in [5.74, 6) is 1.12. The zero-order valence-corrected chi connectivity index (χ0v) is 13.4. The first-order chi connectivity index (χ1) is 9.92. The fourth-order valence-electron chi connectivity index (χ4n) is 2.80. The largest absolute Gasteiger partial charge is 0.313 e. The quantitative estimate of drug-likeness (QED) is 0.492. The third-order valence-corrected chi connectivity index (χ3v) is 6.07. The molecular formula is C16H22N2S2. The molecule has 0 unspecified atom stereocenters. The lowest BCUT2D eigenvalue weighted by molar-refractivity contribution is 0.474. The first-order valence-corrected chi connectivity index (χ1v) is 9.44. The van der Waals surface area contributed by atoms with Gasteiger partial charge in [0.1, 0.15) is 0 Å². The number of hydrogen-bond acceptors (Lipinski definition) is 4. The van der Waals surface area contributed by atoms with Crippen LogP contribution in [0.25, 0.3) is 10.2 Å². The van der Waals surface area contributed by atoms with Crippen LogP contribution in [0.3, 0.4) is 0 Å². The summed E-state index contributed by atoms with van der Waals surface area (Å²) in [5, 5.41) is 3.72. The third kappa shape index (κ3) is 3.96. The Morgan fingerprint density at radius 1 is 1.15 bits per heavy atom. The SMILES string of the molecule is c1ccc2sc(SCCNC3CCCCCC3)nc2c1. The fourth-order valence-corrected chi connectivity index (χ4v) is 4.81. The number of thiazole rings is 1. The Hall–Kier alpha value is -0.580. The number of thioether (sulfide) groups is 1. The summed E-state index contributed by atoms with van der Waals surface area (Å²) in [6, 6.07) is 9.15. The van der Waals surface area contributed by atoms with Crippen molar-refractivity contribution in [1.29, 1.82) is 0 Å². The van der Waals surface area contributed by atoms with Gasteiger partial charge in [-0.05, 0) is 25.0 Å². The van der Waals surface area contributed by atoms with E-state index in [4.69, 9.17) is 0 Å². The second kappa shape index (κ2) is 7.43. The van der Waals surface area contributed by atoms with Gasteiger partial charge in [-0.3, -0.25) is 0 Å². The van der Waals surface area contributed by atoms with Gasteiger partial charge in [-0.2, -0.15) is 0 Å². The molecule has 3 rings (SSSR count). The third-order valence-electron chi connectivity index (χ3n) is 3.89. The lowest BCUT2D eigenvalue weighted by Crippen LogP contribution is -2.30. The van der Waals surface area contributed by atoms with Crippen LogP contribution in [-0.4, -0.2) is 23.3 Å². The van der Waals surface area contributed by atoms with E-state index in [-0.39, 0.29) is 0 Å². The second-order valence-electron chi connectivity index (χ2n) is 5.44. The van der Waals surface area contributed by atoms with Gasteiger partial charge >= 0.3 is 0 Å². The highest BCUT2D eigenvalue weighted by atomic mass is 32.2. The van der Waals surface area contributed by atoms with Crippen LogP contribution in [0.15, 0.2) is 28.6 Å². The van der Waals surface area contributed by atoms with Crippen molar-refractivity contribution in [1.82, 2.24) is 10.3 Å². The molecule has 0 spiro atoms. The lowest BCUT2D eigenvalue weighted by Gasteiger charge is -2.15. The van der Waals surface area contributed by atoms with Crippen molar-refractivity contribution in [3.8, 4) is 0 Å². The van der Waals surface area contributed by atoms with Crippen molar-refractivity contribution in [2.45, 2.75) is 48.9 Å². The Labute approximate surface area is 129 Å². The maximum atomic E-state index is 4.67. The average molecular weight is 306 g/mol. The average Bonchev–Trinajstić information content (AvgIpc) is 2.70. The number of nitrogens with zero attached hydrogens (tertiary/aromatic N) is 1. The zero-order valence-electron chi connectivity index (χ0n) is 11.8. The normalized spacial score (nSPS) is 17.4. The van der Waals surface area contributed by atoms with E-state index in [9.17, 15) is 0 Å². The summed E-state index contributed by atoms with van der Waals surface area (Å²) in [5.41, 5.74) is 1.14. The van der Waals surface area contributed by atoms with Crippen LogP contribution in [-0.2, 0) is 0 Å². The van der Waals surface area contributed by atoms with Crippen molar-refractivity contribution < 1.29 is 0 Å². The molecule has 1 aliphatic carbocycles. The minimum absolute atomic E-state index is 0.758. The van der Waals surface area contributed by atoms with Crippen LogP contribution in [0.5, 0.6) is 0 Å².